The Morgan fingerprint density at radius 3 is 2.22 bits per heavy atom. The fraction of sp³-hybridized carbons (Fsp3) is 0.367. The summed E-state index contributed by atoms with van der Waals surface area (Å²) in [5.41, 5.74) is 12.9. The summed E-state index contributed by atoms with van der Waals surface area (Å²) < 4.78 is 10.7. The van der Waals surface area contributed by atoms with Crippen LogP contribution in [-0.4, -0.2) is 43.8 Å². The minimum atomic E-state index is 0.757. The molecule has 0 aliphatic heterocycles. The third-order valence-corrected chi connectivity index (χ3v) is 6.65. The average Bonchev–Trinajstić information content (AvgIpc) is 3.16. The van der Waals surface area contributed by atoms with Gasteiger partial charge in [-0.05, 0) is 88.0 Å². The summed E-state index contributed by atoms with van der Waals surface area (Å²) >= 11 is 0. The van der Waals surface area contributed by atoms with Crippen molar-refractivity contribution in [1.29, 1.82) is 0 Å². The third kappa shape index (κ3) is 5.34. The van der Waals surface area contributed by atoms with Crippen LogP contribution in [-0.2, 0) is 6.42 Å². The summed E-state index contributed by atoms with van der Waals surface area (Å²) in [7, 11) is 3.32. The Balaban J connectivity index is 1.43. The van der Waals surface area contributed by atoms with Crippen molar-refractivity contribution in [3.8, 4) is 22.6 Å². The lowest BCUT2D eigenvalue weighted by molar-refractivity contribution is 0.354. The van der Waals surface area contributed by atoms with Gasteiger partial charge >= 0.3 is 0 Å². The molecule has 6 nitrogen and oxygen atoms in total. The monoisotopic (exact) mass is 486 g/mol. The molecule has 190 valence electrons. The number of hydrogen-bond acceptors (Lipinski definition) is 5. The number of fused-ring (bicyclic) bond motifs is 1. The number of ether oxygens (including phenoxy) is 2. The van der Waals surface area contributed by atoms with Gasteiger partial charge < -0.3 is 25.1 Å². The first-order valence-corrected chi connectivity index (χ1v) is 12.6. The second-order valence-electron chi connectivity index (χ2n) is 9.55. The van der Waals surface area contributed by atoms with Crippen molar-refractivity contribution in [2.45, 2.75) is 41.0 Å². The van der Waals surface area contributed by atoms with Gasteiger partial charge in [0.05, 0.1) is 30.9 Å². The van der Waals surface area contributed by atoms with E-state index in [0.717, 1.165) is 65.7 Å². The van der Waals surface area contributed by atoms with Crippen molar-refractivity contribution in [2.75, 3.05) is 39.2 Å². The van der Waals surface area contributed by atoms with E-state index in [1.165, 1.54) is 33.4 Å². The number of benzene rings is 2. The number of rotatable bonds is 10. The first-order chi connectivity index (χ1) is 17.3. The van der Waals surface area contributed by atoms with Gasteiger partial charge in [0.2, 0.25) is 0 Å². The molecule has 0 fully saturated rings. The molecule has 0 saturated heterocycles. The van der Waals surface area contributed by atoms with Crippen molar-refractivity contribution in [3.63, 3.8) is 0 Å². The minimum Gasteiger partial charge on any atom is -0.493 e. The molecule has 0 aliphatic rings. The highest BCUT2D eigenvalue weighted by atomic mass is 16.5. The van der Waals surface area contributed by atoms with Gasteiger partial charge in [-0.3, -0.25) is 4.98 Å². The van der Waals surface area contributed by atoms with Gasteiger partial charge in [-0.2, -0.15) is 0 Å². The Morgan fingerprint density at radius 2 is 1.53 bits per heavy atom. The molecular weight excluding hydrogens is 448 g/mol. The Kier molecular flexibility index (Phi) is 7.85. The molecule has 0 bridgehead atoms. The highest BCUT2D eigenvalue weighted by Gasteiger charge is 2.18. The van der Waals surface area contributed by atoms with Gasteiger partial charge in [0.25, 0.3) is 0 Å². The summed E-state index contributed by atoms with van der Waals surface area (Å²) in [5, 5.41) is 7.16. The number of nitrogens with zero attached hydrogens (tertiary/aromatic N) is 1. The largest absolute Gasteiger partial charge is 0.493 e. The van der Waals surface area contributed by atoms with Crippen molar-refractivity contribution >= 4 is 16.7 Å². The van der Waals surface area contributed by atoms with Crippen molar-refractivity contribution in [2.24, 2.45) is 0 Å². The van der Waals surface area contributed by atoms with E-state index in [-0.39, 0.29) is 0 Å². The molecular formula is C30H38N4O2. The topological polar surface area (TPSA) is 71.2 Å². The predicted octanol–water partition coefficient (Wildman–Crippen LogP) is 6.03. The number of hydrogen-bond donors (Lipinski definition) is 3. The number of H-pyrrole nitrogens is 1. The quantitative estimate of drug-likeness (QED) is 0.239. The van der Waals surface area contributed by atoms with Crippen molar-refractivity contribution < 1.29 is 9.47 Å². The SMILES string of the molecule is COc1ccc(CCNCCNc2cc(C)nc3c(-c4c(C)cc(C)cc4C)c(C)[nH]c23)cc1OC. The van der Waals surface area contributed by atoms with Crippen LogP contribution in [0.25, 0.3) is 22.2 Å². The molecule has 0 saturated carbocycles. The van der Waals surface area contributed by atoms with E-state index in [2.05, 4.69) is 74.5 Å². The van der Waals surface area contributed by atoms with Crippen LogP contribution in [0, 0.1) is 34.6 Å². The zero-order valence-corrected chi connectivity index (χ0v) is 22.6. The lowest BCUT2D eigenvalue weighted by atomic mass is 9.93. The summed E-state index contributed by atoms with van der Waals surface area (Å²) in [6.07, 6.45) is 0.924. The van der Waals surface area contributed by atoms with Crippen LogP contribution in [0.2, 0.25) is 0 Å². The molecule has 4 rings (SSSR count). The molecule has 0 unspecified atom stereocenters. The number of pyridine rings is 1. The van der Waals surface area contributed by atoms with Gasteiger partial charge in [-0.1, -0.05) is 23.8 Å². The summed E-state index contributed by atoms with van der Waals surface area (Å²) in [6.45, 7) is 13.3. The van der Waals surface area contributed by atoms with Crippen LogP contribution in [0.1, 0.15) is 33.6 Å². The van der Waals surface area contributed by atoms with Gasteiger partial charge in [0.15, 0.2) is 11.5 Å². The highest BCUT2D eigenvalue weighted by Crippen LogP contribution is 2.38. The maximum absolute atomic E-state index is 5.41. The number of nitrogens with one attached hydrogen (secondary N) is 3. The Bertz CT molecular complexity index is 1350. The zero-order chi connectivity index (χ0) is 25.8. The zero-order valence-electron chi connectivity index (χ0n) is 22.6. The summed E-state index contributed by atoms with van der Waals surface area (Å²) in [5.74, 6) is 1.53. The van der Waals surface area contributed by atoms with Crippen LogP contribution in [0.4, 0.5) is 5.69 Å². The van der Waals surface area contributed by atoms with Crippen LogP contribution in [0.3, 0.4) is 0 Å². The third-order valence-electron chi connectivity index (χ3n) is 6.65. The van der Waals surface area contributed by atoms with Crippen LogP contribution in [0.15, 0.2) is 36.4 Å². The van der Waals surface area contributed by atoms with Gasteiger partial charge in [0.1, 0.15) is 0 Å². The normalized spacial score (nSPS) is 11.2. The van der Waals surface area contributed by atoms with E-state index in [9.17, 15) is 0 Å². The molecule has 4 aromatic rings. The lowest BCUT2D eigenvalue weighted by Gasteiger charge is -2.13. The molecule has 2 aromatic heterocycles. The second-order valence-corrected chi connectivity index (χ2v) is 9.55. The smallest absolute Gasteiger partial charge is 0.160 e. The first kappa shape index (κ1) is 25.6. The molecule has 3 N–H and O–H groups in total. The van der Waals surface area contributed by atoms with Crippen LogP contribution < -0.4 is 20.1 Å². The molecule has 0 spiro atoms. The number of methoxy groups -OCH3 is 2. The Hall–Kier alpha value is -3.51. The number of aryl methyl sites for hydroxylation is 5. The van der Waals surface area contributed by atoms with E-state index < -0.39 is 0 Å². The van der Waals surface area contributed by atoms with Gasteiger partial charge in [-0.25, -0.2) is 0 Å². The van der Waals surface area contributed by atoms with E-state index >= 15 is 0 Å². The second kappa shape index (κ2) is 11.0. The number of aromatic nitrogens is 2. The molecule has 0 aliphatic carbocycles. The minimum absolute atomic E-state index is 0.757. The summed E-state index contributed by atoms with van der Waals surface area (Å²) in [4.78, 5) is 8.57. The predicted molar refractivity (Wildman–Crippen MR) is 150 cm³/mol. The highest BCUT2D eigenvalue weighted by molar-refractivity contribution is 6.01. The first-order valence-electron chi connectivity index (χ1n) is 12.6. The van der Waals surface area contributed by atoms with Crippen LogP contribution >= 0.6 is 0 Å². The molecule has 0 atom stereocenters. The van der Waals surface area contributed by atoms with Crippen molar-refractivity contribution in [3.05, 3.63) is 70.0 Å². The average molecular weight is 487 g/mol. The molecule has 36 heavy (non-hydrogen) atoms. The Morgan fingerprint density at radius 1 is 0.806 bits per heavy atom. The van der Waals surface area contributed by atoms with E-state index in [0.29, 0.717) is 0 Å². The molecule has 2 heterocycles. The molecule has 0 radical (unpaired) electrons. The Labute approximate surface area is 214 Å². The molecule has 0 amide bonds. The number of aromatic amines is 1. The van der Waals surface area contributed by atoms with E-state index in [4.69, 9.17) is 14.5 Å². The van der Waals surface area contributed by atoms with Crippen molar-refractivity contribution in [1.82, 2.24) is 15.3 Å². The van der Waals surface area contributed by atoms with Gasteiger partial charge in [-0.15, -0.1) is 0 Å². The van der Waals surface area contributed by atoms with E-state index in [1.807, 2.05) is 12.1 Å². The van der Waals surface area contributed by atoms with E-state index in [1.54, 1.807) is 14.2 Å². The standard InChI is InChI=1S/C30H38N4O2/c1-18-14-19(2)27(20(3)15-18)28-22(5)34-29-24(16-21(4)33-30(28)29)32-13-12-31-11-10-23-8-9-25(35-6)26(17-23)36-7/h8-9,14-17,31,34H,10-13H2,1-7H3,(H,32,33). The fourth-order valence-corrected chi connectivity index (χ4v) is 5.11. The number of anilines is 1. The fourth-order valence-electron chi connectivity index (χ4n) is 5.11. The molecule has 6 heteroatoms. The summed E-state index contributed by atoms with van der Waals surface area (Å²) in [6, 6.07) is 12.7. The lowest BCUT2D eigenvalue weighted by Crippen LogP contribution is -2.24. The maximum atomic E-state index is 5.41. The maximum Gasteiger partial charge on any atom is 0.160 e. The molecule has 2 aromatic carbocycles. The van der Waals surface area contributed by atoms with Crippen LogP contribution in [0.5, 0.6) is 11.5 Å². The van der Waals surface area contributed by atoms with Gasteiger partial charge in [0, 0.05) is 30.0 Å².